The van der Waals surface area contributed by atoms with Gasteiger partial charge in [0.1, 0.15) is 0 Å². The molecule has 2 aromatic rings. The third-order valence-electron chi connectivity index (χ3n) is 6.65. The summed E-state index contributed by atoms with van der Waals surface area (Å²) >= 11 is 12.3. The van der Waals surface area contributed by atoms with Crippen molar-refractivity contribution in [2.24, 2.45) is 5.92 Å². The molecule has 0 bridgehead atoms. The summed E-state index contributed by atoms with van der Waals surface area (Å²) in [6.07, 6.45) is 3.25. The van der Waals surface area contributed by atoms with E-state index in [1.807, 2.05) is 0 Å². The number of rotatable bonds is 9. The molecule has 2 atom stereocenters. The molecule has 0 aliphatic carbocycles. The Balaban J connectivity index is 1.43. The van der Waals surface area contributed by atoms with E-state index in [4.69, 9.17) is 37.2 Å². The number of hydrogen-bond donors (Lipinski definition) is 0. The Morgan fingerprint density at radius 2 is 2.03 bits per heavy atom. The number of likely N-dealkylation sites (tertiary alicyclic amines) is 1. The largest absolute Gasteiger partial charge is 0.466 e. The summed E-state index contributed by atoms with van der Waals surface area (Å²) in [4.78, 5) is 41.9. The van der Waals surface area contributed by atoms with Gasteiger partial charge in [-0.25, -0.2) is 0 Å². The molecule has 1 aromatic carbocycles. The van der Waals surface area contributed by atoms with Crippen LogP contribution in [0.4, 0.5) is 0 Å². The van der Waals surface area contributed by atoms with Gasteiger partial charge in [0.25, 0.3) is 5.91 Å². The minimum atomic E-state index is -0.355. The van der Waals surface area contributed by atoms with E-state index in [0.29, 0.717) is 60.6 Å². The van der Waals surface area contributed by atoms with Gasteiger partial charge in [-0.1, -0.05) is 28.4 Å². The average Bonchev–Trinajstić information content (AvgIpc) is 3.59. The second-order valence-electron chi connectivity index (χ2n) is 9.27. The van der Waals surface area contributed by atoms with Crippen molar-refractivity contribution in [1.82, 2.24) is 15.0 Å². The highest BCUT2D eigenvalue weighted by Gasteiger charge is 2.31. The lowest BCUT2D eigenvalue weighted by Gasteiger charge is -2.32. The summed E-state index contributed by atoms with van der Waals surface area (Å²) in [6, 6.07) is 6.50. The van der Waals surface area contributed by atoms with Crippen LogP contribution in [-0.2, 0) is 19.1 Å². The van der Waals surface area contributed by atoms with Crippen molar-refractivity contribution < 1.29 is 28.4 Å². The predicted molar refractivity (Wildman–Crippen MR) is 137 cm³/mol. The monoisotopic (exact) mass is 551 g/mol. The fourth-order valence-electron chi connectivity index (χ4n) is 4.71. The van der Waals surface area contributed by atoms with E-state index in [1.165, 1.54) is 6.07 Å². The second-order valence-corrected chi connectivity index (χ2v) is 10.1. The third-order valence-corrected chi connectivity index (χ3v) is 7.20. The van der Waals surface area contributed by atoms with Crippen molar-refractivity contribution in [3.05, 3.63) is 40.0 Å². The smallest absolute Gasteiger partial charge is 0.310 e. The zero-order chi connectivity index (χ0) is 26.4. The lowest BCUT2D eigenvalue weighted by molar-refractivity contribution is -0.151. The molecule has 4 rings (SSSR count). The topological polar surface area (TPSA) is 102 Å². The van der Waals surface area contributed by atoms with E-state index in [1.54, 1.807) is 34.9 Å². The third kappa shape index (κ3) is 7.03. The van der Waals surface area contributed by atoms with Crippen LogP contribution in [0.5, 0.6) is 0 Å². The van der Waals surface area contributed by atoms with Crippen LogP contribution in [0.25, 0.3) is 11.3 Å². The molecule has 0 spiro atoms. The molecule has 2 saturated heterocycles. The quantitative estimate of drug-likeness (QED) is 0.424. The molecule has 0 N–H and O–H groups in total. The van der Waals surface area contributed by atoms with Gasteiger partial charge in [0.15, 0.2) is 11.5 Å². The Bertz CT molecular complexity index is 1120. The molecule has 2 aliphatic rings. The highest BCUT2D eigenvalue weighted by molar-refractivity contribution is 6.36. The minimum absolute atomic E-state index is 0.0979. The molecule has 0 radical (unpaired) electrons. The van der Waals surface area contributed by atoms with Crippen LogP contribution in [0, 0.1) is 5.92 Å². The molecule has 9 nitrogen and oxygen atoms in total. The molecular weight excluding hydrogens is 521 g/mol. The van der Waals surface area contributed by atoms with Gasteiger partial charge in [-0.05, 0) is 50.8 Å². The summed E-state index contributed by atoms with van der Waals surface area (Å²) < 4.78 is 16.3. The number of piperidine rings is 1. The predicted octanol–water partition coefficient (Wildman–Crippen LogP) is 4.46. The average molecular weight is 552 g/mol. The fraction of sp³-hybridized carbons (Fsp3) is 0.538. The molecule has 11 heteroatoms. The molecular formula is C26H31Cl2N3O6. The number of aromatic nitrogens is 1. The number of amides is 2. The van der Waals surface area contributed by atoms with Gasteiger partial charge in [-0.15, -0.1) is 0 Å². The van der Waals surface area contributed by atoms with Gasteiger partial charge in [0.2, 0.25) is 5.91 Å². The maximum atomic E-state index is 13.4. The number of nitrogens with zero attached hydrogens (tertiary/aromatic N) is 3. The maximum absolute atomic E-state index is 13.4. The van der Waals surface area contributed by atoms with Gasteiger partial charge in [-0.2, -0.15) is 0 Å². The summed E-state index contributed by atoms with van der Waals surface area (Å²) in [5.41, 5.74) is 0.687. The Morgan fingerprint density at radius 1 is 1.19 bits per heavy atom. The first-order valence-electron chi connectivity index (χ1n) is 12.6. The highest BCUT2D eigenvalue weighted by atomic mass is 35.5. The Labute approximate surface area is 225 Å². The van der Waals surface area contributed by atoms with E-state index >= 15 is 0 Å². The SMILES string of the molecule is CCOC(=O)C1CCCN(C(=O)CCN(CC2CCCO2)C(=O)c2cc(-c3ccc(Cl)cc3Cl)on2)C1. The number of halogens is 2. The van der Waals surface area contributed by atoms with E-state index in [2.05, 4.69) is 5.16 Å². The number of esters is 1. The Hall–Kier alpha value is -2.62. The van der Waals surface area contributed by atoms with E-state index < -0.39 is 0 Å². The Kier molecular flexibility index (Phi) is 9.45. The second kappa shape index (κ2) is 12.8. The minimum Gasteiger partial charge on any atom is -0.466 e. The highest BCUT2D eigenvalue weighted by Crippen LogP contribution is 2.31. The molecule has 0 saturated carbocycles. The number of carbonyl (C=O) groups excluding carboxylic acids is 3. The van der Waals surface area contributed by atoms with Crippen LogP contribution in [0.2, 0.25) is 10.0 Å². The normalized spacial score (nSPS) is 19.6. The molecule has 37 heavy (non-hydrogen) atoms. The number of carbonyl (C=O) groups is 3. The first-order valence-corrected chi connectivity index (χ1v) is 13.4. The van der Waals surface area contributed by atoms with E-state index in [0.717, 1.165) is 19.3 Å². The van der Waals surface area contributed by atoms with Crippen molar-refractivity contribution in [2.75, 3.05) is 39.4 Å². The number of hydrogen-bond acceptors (Lipinski definition) is 7. The molecule has 2 fully saturated rings. The maximum Gasteiger partial charge on any atom is 0.310 e. The van der Waals surface area contributed by atoms with Crippen molar-refractivity contribution in [3.63, 3.8) is 0 Å². The fourth-order valence-corrected chi connectivity index (χ4v) is 5.21. The van der Waals surface area contributed by atoms with Crippen LogP contribution < -0.4 is 0 Å². The van der Waals surface area contributed by atoms with Gasteiger partial charge in [0, 0.05) is 55.9 Å². The van der Waals surface area contributed by atoms with Crippen LogP contribution in [0.15, 0.2) is 28.8 Å². The van der Waals surface area contributed by atoms with Gasteiger partial charge >= 0.3 is 5.97 Å². The van der Waals surface area contributed by atoms with Crippen molar-refractivity contribution in [2.45, 2.75) is 45.1 Å². The number of ether oxygens (including phenoxy) is 2. The van der Waals surface area contributed by atoms with E-state index in [9.17, 15) is 14.4 Å². The summed E-state index contributed by atoms with van der Waals surface area (Å²) in [6.45, 7) is 4.21. The molecule has 200 valence electrons. The van der Waals surface area contributed by atoms with Crippen LogP contribution in [0.3, 0.4) is 0 Å². The molecule has 3 heterocycles. The Morgan fingerprint density at radius 3 is 2.76 bits per heavy atom. The van der Waals surface area contributed by atoms with E-state index in [-0.39, 0.29) is 48.5 Å². The van der Waals surface area contributed by atoms with Gasteiger partial charge < -0.3 is 23.8 Å². The van der Waals surface area contributed by atoms with Crippen molar-refractivity contribution >= 4 is 41.0 Å². The first kappa shape index (κ1) is 27.4. The summed E-state index contributed by atoms with van der Waals surface area (Å²) in [5, 5.41) is 4.84. The summed E-state index contributed by atoms with van der Waals surface area (Å²) in [7, 11) is 0. The zero-order valence-corrected chi connectivity index (χ0v) is 22.3. The molecule has 2 amide bonds. The molecule has 2 unspecified atom stereocenters. The van der Waals surface area contributed by atoms with Crippen LogP contribution in [-0.4, -0.2) is 78.2 Å². The van der Waals surface area contributed by atoms with Crippen LogP contribution in [0.1, 0.15) is 49.5 Å². The standard InChI is InChI=1S/C26H31Cl2N3O6/c1-2-35-26(34)17-5-3-10-30(15-17)24(32)9-11-31(16-19-6-4-12-36-19)25(33)22-14-23(37-29-22)20-8-7-18(27)13-21(20)28/h7-8,13-14,17,19H,2-6,9-12,15-16H2,1H3. The summed E-state index contributed by atoms with van der Waals surface area (Å²) in [5.74, 6) is -0.691. The van der Waals surface area contributed by atoms with Gasteiger partial charge in [-0.3, -0.25) is 14.4 Å². The lowest BCUT2D eigenvalue weighted by atomic mass is 9.98. The number of benzene rings is 1. The lowest BCUT2D eigenvalue weighted by Crippen LogP contribution is -2.45. The van der Waals surface area contributed by atoms with Gasteiger partial charge in [0.05, 0.1) is 23.7 Å². The molecule has 1 aromatic heterocycles. The molecule has 2 aliphatic heterocycles. The van der Waals surface area contributed by atoms with Crippen LogP contribution >= 0.6 is 23.2 Å². The zero-order valence-electron chi connectivity index (χ0n) is 20.8. The van der Waals surface area contributed by atoms with Crippen molar-refractivity contribution in [1.29, 1.82) is 0 Å². The van der Waals surface area contributed by atoms with Crippen molar-refractivity contribution in [3.8, 4) is 11.3 Å². The first-order chi connectivity index (χ1) is 17.9.